The summed E-state index contributed by atoms with van der Waals surface area (Å²) < 4.78 is 6.05. The van der Waals surface area contributed by atoms with Gasteiger partial charge in [-0.3, -0.25) is 4.79 Å². The Morgan fingerprint density at radius 2 is 1.79 bits per heavy atom. The molecule has 1 N–H and O–H groups in total. The Balaban J connectivity index is 1.71. The molecule has 0 bridgehead atoms. The molecule has 4 nitrogen and oxygen atoms in total. The predicted octanol–water partition coefficient (Wildman–Crippen LogP) is 6.63. The fourth-order valence-corrected chi connectivity index (χ4v) is 3.81. The number of aryl methyl sites for hydroxylation is 3. The summed E-state index contributed by atoms with van der Waals surface area (Å²) in [6, 6.07) is 15.1. The van der Waals surface area contributed by atoms with Crippen LogP contribution in [0.4, 0.5) is 5.69 Å². The number of halogens is 1. The average Bonchev–Trinajstić information content (AvgIpc) is 3.07. The van der Waals surface area contributed by atoms with Crippen molar-refractivity contribution in [1.29, 1.82) is 0 Å². The number of amides is 1. The number of oxazole rings is 1. The number of hydrogen-bond donors (Lipinski definition) is 1. The van der Waals surface area contributed by atoms with E-state index in [-0.39, 0.29) is 5.91 Å². The van der Waals surface area contributed by atoms with Crippen LogP contribution in [0.3, 0.4) is 0 Å². The normalized spacial score (nSPS) is 11.1. The third-order valence-corrected chi connectivity index (χ3v) is 5.31. The van der Waals surface area contributed by atoms with Crippen LogP contribution in [0, 0.1) is 27.7 Å². The molecule has 0 radical (unpaired) electrons. The van der Waals surface area contributed by atoms with Crippen molar-refractivity contribution >= 4 is 34.3 Å². The van der Waals surface area contributed by atoms with Gasteiger partial charge in [0.25, 0.3) is 5.91 Å². The van der Waals surface area contributed by atoms with Crippen molar-refractivity contribution in [2.24, 2.45) is 0 Å². The van der Waals surface area contributed by atoms with Crippen molar-refractivity contribution < 1.29 is 9.21 Å². The van der Waals surface area contributed by atoms with Crippen LogP contribution in [0.5, 0.6) is 0 Å². The molecule has 146 valence electrons. The quantitative estimate of drug-likeness (QED) is 0.416. The van der Waals surface area contributed by atoms with Gasteiger partial charge in [-0.05, 0) is 80.3 Å². The van der Waals surface area contributed by atoms with Gasteiger partial charge in [-0.15, -0.1) is 0 Å². The molecule has 0 aliphatic rings. The number of nitrogens with zero attached hydrogens (tertiary/aromatic N) is 1. The van der Waals surface area contributed by atoms with Gasteiger partial charge in [-0.1, -0.05) is 29.8 Å². The molecule has 0 aliphatic carbocycles. The number of rotatable bonds is 3. The highest BCUT2D eigenvalue weighted by molar-refractivity contribution is 6.34. The van der Waals surface area contributed by atoms with E-state index in [0.29, 0.717) is 22.2 Å². The van der Waals surface area contributed by atoms with E-state index >= 15 is 0 Å². The van der Waals surface area contributed by atoms with Gasteiger partial charge in [0, 0.05) is 11.3 Å². The molecule has 1 amide bonds. The first-order valence-corrected chi connectivity index (χ1v) is 9.76. The molecule has 29 heavy (non-hydrogen) atoms. The van der Waals surface area contributed by atoms with E-state index in [1.54, 1.807) is 12.1 Å². The summed E-state index contributed by atoms with van der Waals surface area (Å²) in [5.74, 6) is 0.287. The summed E-state index contributed by atoms with van der Waals surface area (Å²) in [4.78, 5) is 17.4. The van der Waals surface area contributed by atoms with Crippen molar-refractivity contribution in [3.05, 3.63) is 81.4 Å². The first-order chi connectivity index (χ1) is 13.8. The minimum atomic E-state index is -0.251. The molecule has 0 aliphatic heterocycles. The lowest BCUT2D eigenvalue weighted by Gasteiger charge is -2.12. The maximum Gasteiger partial charge on any atom is 0.257 e. The smallest absolute Gasteiger partial charge is 0.257 e. The van der Waals surface area contributed by atoms with Crippen LogP contribution < -0.4 is 5.32 Å². The van der Waals surface area contributed by atoms with Crippen LogP contribution in [-0.2, 0) is 0 Å². The van der Waals surface area contributed by atoms with Crippen LogP contribution in [-0.4, -0.2) is 10.9 Å². The third-order valence-electron chi connectivity index (χ3n) is 5.00. The van der Waals surface area contributed by atoms with Gasteiger partial charge in [-0.25, -0.2) is 4.98 Å². The highest BCUT2D eigenvalue weighted by Crippen LogP contribution is 2.32. The molecule has 5 heteroatoms. The van der Waals surface area contributed by atoms with Gasteiger partial charge >= 0.3 is 0 Å². The summed E-state index contributed by atoms with van der Waals surface area (Å²) in [6.07, 6.45) is 0. The predicted molar refractivity (Wildman–Crippen MR) is 118 cm³/mol. The van der Waals surface area contributed by atoms with E-state index in [0.717, 1.165) is 38.9 Å². The van der Waals surface area contributed by atoms with E-state index in [9.17, 15) is 4.79 Å². The van der Waals surface area contributed by atoms with E-state index in [1.165, 1.54) is 0 Å². The Hall–Kier alpha value is -3.11. The Bertz CT molecular complexity index is 1260. The minimum Gasteiger partial charge on any atom is -0.436 e. The van der Waals surface area contributed by atoms with E-state index < -0.39 is 0 Å². The molecule has 0 unspecified atom stereocenters. The maximum atomic E-state index is 12.7. The molecule has 0 fully saturated rings. The number of fused-ring (bicyclic) bond motifs is 1. The number of aromatic nitrogens is 1. The molecule has 0 saturated carbocycles. The molecule has 4 aromatic rings. The number of hydrogen-bond acceptors (Lipinski definition) is 3. The minimum absolute atomic E-state index is 0.251. The zero-order valence-corrected chi connectivity index (χ0v) is 17.5. The number of nitrogens with one attached hydrogen (secondary N) is 1. The van der Waals surface area contributed by atoms with Gasteiger partial charge in [0.1, 0.15) is 5.52 Å². The topological polar surface area (TPSA) is 55.1 Å². The van der Waals surface area contributed by atoms with Crippen LogP contribution in [0.1, 0.15) is 32.6 Å². The van der Waals surface area contributed by atoms with Gasteiger partial charge in [0.2, 0.25) is 5.89 Å². The molecular weight excluding hydrogens is 384 g/mol. The summed E-state index contributed by atoms with van der Waals surface area (Å²) in [6.45, 7) is 7.93. The fraction of sp³-hybridized carbons (Fsp3) is 0.167. The van der Waals surface area contributed by atoms with Crippen molar-refractivity contribution in [3.8, 4) is 11.5 Å². The van der Waals surface area contributed by atoms with Crippen LogP contribution in [0.25, 0.3) is 22.6 Å². The van der Waals surface area contributed by atoms with Crippen molar-refractivity contribution in [2.75, 3.05) is 5.32 Å². The lowest BCUT2D eigenvalue weighted by molar-refractivity contribution is 0.102. The maximum absolute atomic E-state index is 12.7. The van der Waals surface area contributed by atoms with Crippen molar-refractivity contribution in [2.45, 2.75) is 27.7 Å². The Morgan fingerprint density at radius 1 is 1.00 bits per heavy atom. The van der Waals surface area contributed by atoms with Crippen LogP contribution >= 0.6 is 11.6 Å². The Morgan fingerprint density at radius 3 is 2.55 bits per heavy atom. The molecule has 1 aromatic heterocycles. The highest BCUT2D eigenvalue weighted by atomic mass is 35.5. The monoisotopic (exact) mass is 404 g/mol. The van der Waals surface area contributed by atoms with Crippen molar-refractivity contribution in [3.63, 3.8) is 0 Å². The van der Waals surface area contributed by atoms with E-state index in [4.69, 9.17) is 16.0 Å². The summed E-state index contributed by atoms with van der Waals surface area (Å²) in [7, 11) is 0. The summed E-state index contributed by atoms with van der Waals surface area (Å²) >= 11 is 6.24. The Labute approximate surface area is 174 Å². The molecule has 4 rings (SSSR count). The van der Waals surface area contributed by atoms with E-state index in [1.807, 2.05) is 58.0 Å². The van der Waals surface area contributed by atoms with Gasteiger partial charge in [0.05, 0.1) is 10.6 Å². The summed E-state index contributed by atoms with van der Waals surface area (Å²) in [5.41, 5.74) is 7.66. The number of carbonyl (C=O) groups excluding carboxylic acids is 1. The lowest BCUT2D eigenvalue weighted by Crippen LogP contribution is -2.13. The third kappa shape index (κ3) is 3.64. The van der Waals surface area contributed by atoms with Crippen LogP contribution in [0.15, 0.2) is 52.9 Å². The molecule has 1 heterocycles. The second-order valence-corrected chi connectivity index (χ2v) is 7.77. The number of anilines is 1. The van der Waals surface area contributed by atoms with Gasteiger partial charge in [0.15, 0.2) is 5.58 Å². The standard InChI is InChI=1S/C24H21ClN2O2/c1-13-8-9-18(19(25)11-13)23(28)26-20-7-5-6-17(16(20)4)24-27-21-12-14(2)10-15(3)22(21)29-24/h5-12H,1-4H3,(H,26,28). The van der Waals surface area contributed by atoms with Crippen molar-refractivity contribution in [1.82, 2.24) is 4.98 Å². The number of carbonyl (C=O) groups is 1. The zero-order chi connectivity index (χ0) is 20.7. The Kier molecular flexibility index (Phi) is 4.89. The second-order valence-electron chi connectivity index (χ2n) is 7.36. The lowest BCUT2D eigenvalue weighted by atomic mass is 10.1. The summed E-state index contributed by atoms with van der Waals surface area (Å²) in [5, 5.41) is 3.39. The largest absolute Gasteiger partial charge is 0.436 e. The van der Waals surface area contributed by atoms with Gasteiger partial charge in [-0.2, -0.15) is 0 Å². The fourth-order valence-electron chi connectivity index (χ4n) is 3.49. The SMILES string of the molecule is Cc1ccc(C(=O)Nc2cccc(-c3nc4cc(C)cc(C)c4o3)c2C)c(Cl)c1. The average molecular weight is 405 g/mol. The van der Waals surface area contributed by atoms with E-state index in [2.05, 4.69) is 16.4 Å². The van der Waals surface area contributed by atoms with Gasteiger partial charge < -0.3 is 9.73 Å². The zero-order valence-electron chi connectivity index (χ0n) is 16.8. The number of benzene rings is 3. The molecule has 0 saturated heterocycles. The molecule has 0 atom stereocenters. The highest BCUT2D eigenvalue weighted by Gasteiger charge is 2.17. The van der Waals surface area contributed by atoms with Crippen LogP contribution in [0.2, 0.25) is 5.02 Å². The first kappa shape index (κ1) is 19.2. The molecular formula is C24H21ClN2O2. The molecule has 3 aromatic carbocycles. The first-order valence-electron chi connectivity index (χ1n) is 9.39. The second kappa shape index (κ2) is 7.37. The molecule has 0 spiro atoms.